The lowest BCUT2D eigenvalue weighted by Crippen LogP contribution is -2.37. The first kappa shape index (κ1) is 23.3. The second-order valence-corrected chi connectivity index (χ2v) is 10.8. The van der Waals surface area contributed by atoms with E-state index in [9.17, 15) is 14.9 Å². The molecule has 1 aromatic carbocycles. The van der Waals surface area contributed by atoms with Crippen LogP contribution in [0.15, 0.2) is 35.6 Å². The summed E-state index contributed by atoms with van der Waals surface area (Å²) in [7, 11) is 0. The van der Waals surface area contributed by atoms with Crippen LogP contribution in [0.5, 0.6) is 0 Å². The van der Waals surface area contributed by atoms with Gasteiger partial charge in [-0.15, -0.1) is 11.3 Å². The molecule has 4 heterocycles. The Hall–Kier alpha value is -3.15. The van der Waals surface area contributed by atoms with Gasteiger partial charge < -0.3 is 9.64 Å². The van der Waals surface area contributed by atoms with Crippen LogP contribution >= 0.6 is 23.1 Å². The number of ether oxygens (including phenoxy) is 1. The smallest absolute Gasteiger partial charge is 0.270 e. The molecule has 1 fully saturated rings. The largest absolute Gasteiger partial charge is 0.378 e. The number of nitro groups is 1. The number of anilines is 1. The van der Waals surface area contributed by atoms with Crippen molar-refractivity contribution in [1.82, 2.24) is 15.0 Å². The molecule has 1 aliphatic carbocycles. The second kappa shape index (κ2) is 9.72. The molecule has 1 aliphatic heterocycles. The molecule has 0 saturated carbocycles. The summed E-state index contributed by atoms with van der Waals surface area (Å²) in [6, 6.07) is 5.84. The molecular formula is C25H23N5O4S2. The Bertz CT molecular complexity index is 1500. The monoisotopic (exact) mass is 521 g/mol. The number of hydrogen-bond acceptors (Lipinski definition) is 10. The first-order valence-corrected chi connectivity index (χ1v) is 13.7. The SMILES string of the molecule is O=C(CSc1ncnc2c1sc1nc(N3CCOCC3)c3c(c12)CCCC3)c1cccc([N+](=O)[O-])c1. The van der Waals surface area contributed by atoms with Gasteiger partial charge in [0.05, 0.1) is 34.1 Å². The number of fused-ring (bicyclic) bond motifs is 5. The number of hydrogen-bond donors (Lipinski definition) is 0. The molecule has 3 aromatic heterocycles. The summed E-state index contributed by atoms with van der Waals surface area (Å²) in [6.45, 7) is 3.12. The van der Waals surface area contributed by atoms with Gasteiger partial charge in [-0.1, -0.05) is 23.9 Å². The Morgan fingerprint density at radius 2 is 1.97 bits per heavy atom. The molecule has 4 aromatic rings. The minimum absolute atomic E-state index is 0.0910. The summed E-state index contributed by atoms with van der Waals surface area (Å²) in [5, 5.41) is 12.9. The van der Waals surface area contributed by atoms with E-state index in [2.05, 4.69) is 14.9 Å². The number of thioether (sulfide) groups is 1. The van der Waals surface area contributed by atoms with Gasteiger partial charge in [-0.3, -0.25) is 14.9 Å². The highest BCUT2D eigenvalue weighted by molar-refractivity contribution is 8.00. The number of rotatable bonds is 6. The number of nitrogens with zero attached hydrogens (tertiary/aromatic N) is 5. The maximum Gasteiger partial charge on any atom is 0.270 e. The van der Waals surface area contributed by atoms with Crippen LogP contribution in [0.1, 0.15) is 34.3 Å². The molecule has 0 unspecified atom stereocenters. The van der Waals surface area contributed by atoms with Gasteiger partial charge in [0.15, 0.2) is 5.78 Å². The Balaban J connectivity index is 1.37. The fourth-order valence-corrected chi connectivity index (χ4v) is 7.09. The number of carbonyl (C=O) groups is 1. The van der Waals surface area contributed by atoms with E-state index in [1.54, 1.807) is 23.7 Å². The van der Waals surface area contributed by atoms with Gasteiger partial charge in [0.2, 0.25) is 0 Å². The molecule has 0 N–H and O–H groups in total. The third kappa shape index (κ3) is 4.21. The summed E-state index contributed by atoms with van der Waals surface area (Å²) in [5.41, 5.74) is 3.82. The molecule has 11 heteroatoms. The fraction of sp³-hybridized carbons (Fsp3) is 0.360. The fourth-order valence-electron chi connectivity index (χ4n) is 4.97. The molecule has 0 atom stereocenters. The second-order valence-electron chi connectivity index (χ2n) is 8.86. The maximum absolute atomic E-state index is 12.8. The standard InChI is InChI=1S/C25H23N5O4S2/c31-19(15-4-3-5-16(12-15)30(32)33)13-35-25-22-21(26-14-27-25)20-17-6-1-2-7-18(17)23(28-24(20)36-22)29-8-10-34-11-9-29/h3-5,12,14H,1-2,6-11,13H2. The van der Waals surface area contributed by atoms with E-state index < -0.39 is 4.92 Å². The summed E-state index contributed by atoms with van der Waals surface area (Å²) in [5.74, 6) is 1.03. The number of non-ortho nitro benzene ring substituents is 1. The summed E-state index contributed by atoms with van der Waals surface area (Å²) in [6.07, 6.45) is 5.90. The molecule has 0 amide bonds. The van der Waals surface area contributed by atoms with Gasteiger partial charge in [0, 0.05) is 36.2 Å². The van der Waals surface area contributed by atoms with E-state index in [1.165, 1.54) is 41.1 Å². The number of nitro benzene ring substituents is 1. The van der Waals surface area contributed by atoms with Crippen LogP contribution in [-0.2, 0) is 17.6 Å². The number of morpholine rings is 1. The highest BCUT2D eigenvalue weighted by Gasteiger charge is 2.26. The highest BCUT2D eigenvalue weighted by Crippen LogP contribution is 2.43. The van der Waals surface area contributed by atoms with Crippen LogP contribution in [0, 0.1) is 10.1 Å². The average molecular weight is 522 g/mol. The lowest BCUT2D eigenvalue weighted by atomic mass is 9.90. The zero-order valence-corrected chi connectivity index (χ0v) is 21.1. The van der Waals surface area contributed by atoms with Crippen LogP contribution in [0.4, 0.5) is 11.5 Å². The molecule has 2 aliphatic rings. The number of aromatic nitrogens is 3. The summed E-state index contributed by atoms with van der Waals surface area (Å²) in [4.78, 5) is 41.0. The summed E-state index contributed by atoms with van der Waals surface area (Å²) >= 11 is 2.91. The van der Waals surface area contributed by atoms with Crippen molar-refractivity contribution in [3.63, 3.8) is 0 Å². The molecule has 184 valence electrons. The van der Waals surface area contributed by atoms with Gasteiger partial charge in [0.1, 0.15) is 22.0 Å². The van der Waals surface area contributed by atoms with Crippen molar-refractivity contribution in [3.05, 3.63) is 57.4 Å². The Kier molecular flexibility index (Phi) is 6.28. The van der Waals surface area contributed by atoms with Gasteiger partial charge in [-0.2, -0.15) is 0 Å². The molecule has 0 bridgehead atoms. The van der Waals surface area contributed by atoms with Gasteiger partial charge in [0.25, 0.3) is 5.69 Å². The van der Waals surface area contributed by atoms with Gasteiger partial charge >= 0.3 is 0 Å². The Morgan fingerprint density at radius 3 is 2.78 bits per heavy atom. The molecular weight excluding hydrogens is 498 g/mol. The molecule has 6 rings (SSSR count). The third-order valence-corrected chi connectivity index (χ3v) is 8.90. The summed E-state index contributed by atoms with van der Waals surface area (Å²) < 4.78 is 6.50. The van der Waals surface area contributed by atoms with E-state index in [0.29, 0.717) is 18.8 Å². The lowest BCUT2D eigenvalue weighted by Gasteiger charge is -2.31. The minimum atomic E-state index is -0.492. The molecule has 0 spiro atoms. The van der Waals surface area contributed by atoms with E-state index in [0.717, 1.165) is 70.0 Å². The van der Waals surface area contributed by atoms with Crippen molar-refractivity contribution in [2.45, 2.75) is 30.7 Å². The first-order chi connectivity index (χ1) is 17.6. The van der Waals surface area contributed by atoms with Crippen molar-refractivity contribution < 1.29 is 14.5 Å². The van der Waals surface area contributed by atoms with Crippen LogP contribution in [0.3, 0.4) is 0 Å². The predicted octanol–water partition coefficient (Wildman–Crippen LogP) is 4.84. The van der Waals surface area contributed by atoms with Crippen LogP contribution < -0.4 is 4.90 Å². The highest BCUT2D eigenvalue weighted by atomic mass is 32.2. The quantitative estimate of drug-likeness (QED) is 0.116. The van der Waals surface area contributed by atoms with Gasteiger partial charge in [-0.05, 0) is 36.8 Å². The van der Waals surface area contributed by atoms with E-state index >= 15 is 0 Å². The molecule has 1 saturated heterocycles. The third-order valence-electron chi connectivity index (χ3n) is 6.70. The number of aryl methyl sites for hydroxylation is 1. The Morgan fingerprint density at radius 1 is 1.17 bits per heavy atom. The van der Waals surface area contributed by atoms with E-state index in [4.69, 9.17) is 9.72 Å². The number of benzene rings is 1. The molecule has 0 radical (unpaired) electrons. The minimum Gasteiger partial charge on any atom is -0.378 e. The van der Waals surface area contributed by atoms with Crippen LogP contribution in [-0.4, -0.2) is 57.7 Å². The van der Waals surface area contributed by atoms with Crippen LogP contribution in [0.2, 0.25) is 0 Å². The number of thiophene rings is 1. The topological polar surface area (TPSA) is 111 Å². The molecule has 9 nitrogen and oxygen atoms in total. The van der Waals surface area contributed by atoms with Gasteiger partial charge in [-0.25, -0.2) is 15.0 Å². The average Bonchev–Trinajstić information content (AvgIpc) is 3.31. The zero-order chi connectivity index (χ0) is 24.6. The maximum atomic E-state index is 12.8. The van der Waals surface area contributed by atoms with E-state index in [1.807, 2.05) is 0 Å². The number of pyridine rings is 1. The van der Waals surface area contributed by atoms with Crippen molar-refractivity contribution in [2.24, 2.45) is 0 Å². The number of carbonyl (C=O) groups excluding carboxylic acids is 1. The predicted molar refractivity (Wildman–Crippen MR) is 141 cm³/mol. The lowest BCUT2D eigenvalue weighted by molar-refractivity contribution is -0.384. The van der Waals surface area contributed by atoms with Crippen molar-refractivity contribution in [3.8, 4) is 0 Å². The molecule has 36 heavy (non-hydrogen) atoms. The zero-order valence-electron chi connectivity index (χ0n) is 19.4. The first-order valence-electron chi connectivity index (χ1n) is 11.9. The van der Waals surface area contributed by atoms with Crippen molar-refractivity contribution >= 4 is 60.8 Å². The van der Waals surface area contributed by atoms with Crippen LogP contribution in [0.25, 0.3) is 20.4 Å². The number of Topliss-reactive ketones (excluding diaryl/α,β-unsaturated/α-hetero) is 1. The van der Waals surface area contributed by atoms with Crippen molar-refractivity contribution in [1.29, 1.82) is 0 Å². The Labute approximate surface area is 215 Å². The van der Waals surface area contributed by atoms with E-state index in [-0.39, 0.29) is 17.2 Å². The van der Waals surface area contributed by atoms with Crippen molar-refractivity contribution in [2.75, 3.05) is 37.0 Å². The number of ketones is 1. The normalized spacial score (nSPS) is 15.8.